The molecular formula is C16H25ClN2O. The van der Waals surface area contributed by atoms with Crippen LogP contribution in [-0.4, -0.2) is 37.2 Å². The number of nitrogens with one attached hydrogen (secondary N) is 1. The van der Waals surface area contributed by atoms with Crippen LogP contribution in [-0.2, 0) is 0 Å². The number of anilines is 1. The van der Waals surface area contributed by atoms with Gasteiger partial charge in [-0.3, -0.25) is 0 Å². The molecule has 112 valence electrons. The SMILES string of the molecule is COc1ccc(NC2CCCN(C(C)C)CC2)cc1Cl. The first-order valence-corrected chi connectivity index (χ1v) is 7.82. The first-order valence-electron chi connectivity index (χ1n) is 7.44. The molecule has 0 aliphatic carbocycles. The lowest BCUT2D eigenvalue weighted by Gasteiger charge is -2.24. The van der Waals surface area contributed by atoms with Crippen molar-refractivity contribution in [2.24, 2.45) is 0 Å². The molecule has 1 aromatic rings. The Morgan fingerprint density at radius 2 is 2.10 bits per heavy atom. The summed E-state index contributed by atoms with van der Waals surface area (Å²) in [5, 5.41) is 4.27. The third-order valence-corrected chi connectivity index (χ3v) is 4.31. The minimum atomic E-state index is 0.531. The van der Waals surface area contributed by atoms with Gasteiger partial charge in [0.15, 0.2) is 0 Å². The van der Waals surface area contributed by atoms with Crippen LogP contribution in [0.25, 0.3) is 0 Å². The minimum Gasteiger partial charge on any atom is -0.495 e. The minimum absolute atomic E-state index is 0.531. The van der Waals surface area contributed by atoms with E-state index < -0.39 is 0 Å². The highest BCUT2D eigenvalue weighted by Gasteiger charge is 2.18. The Hall–Kier alpha value is -0.930. The average molecular weight is 297 g/mol. The maximum absolute atomic E-state index is 6.17. The highest BCUT2D eigenvalue weighted by atomic mass is 35.5. The van der Waals surface area contributed by atoms with Gasteiger partial charge < -0.3 is 15.0 Å². The largest absolute Gasteiger partial charge is 0.495 e. The second-order valence-electron chi connectivity index (χ2n) is 5.75. The van der Waals surface area contributed by atoms with Crippen LogP contribution in [0.3, 0.4) is 0 Å². The standard InChI is InChI=1S/C16H25ClN2O/c1-12(2)19-9-4-5-13(8-10-19)18-14-6-7-16(20-3)15(17)11-14/h6-7,11-13,18H,4-5,8-10H2,1-3H3. The van der Waals surface area contributed by atoms with Crippen LogP contribution < -0.4 is 10.1 Å². The Balaban J connectivity index is 1.94. The first kappa shape index (κ1) is 15.5. The molecule has 3 nitrogen and oxygen atoms in total. The van der Waals surface area contributed by atoms with Gasteiger partial charge in [-0.1, -0.05) is 11.6 Å². The van der Waals surface area contributed by atoms with E-state index in [1.54, 1.807) is 7.11 Å². The molecule has 4 heteroatoms. The summed E-state index contributed by atoms with van der Waals surface area (Å²) in [4.78, 5) is 2.56. The number of likely N-dealkylation sites (tertiary alicyclic amines) is 1. The van der Waals surface area contributed by atoms with Crippen molar-refractivity contribution in [3.8, 4) is 5.75 Å². The number of halogens is 1. The molecule has 1 atom stereocenters. The zero-order valence-corrected chi connectivity index (χ0v) is 13.4. The van der Waals surface area contributed by atoms with Crippen molar-refractivity contribution in [2.75, 3.05) is 25.5 Å². The lowest BCUT2D eigenvalue weighted by molar-refractivity contribution is 0.230. The Morgan fingerprint density at radius 1 is 1.30 bits per heavy atom. The van der Waals surface area contributed by atoms with Crippen LogP contribution >= 0.6 is 11.6 Å². The summed E-state index contributed by atoms with van der Waals surface area (Å²) in [6.07, 6.45) is 3.65. The van der Waals surface area contributed by atoms with Gasteiger partial charge >= 0.3 is 0 Å². The van der Waals surface area contributed by atoms with Crippen LogP contribution in [0.1, 0.15) is 33.1 Å². The molecule has 20 heavy (non-hydrogen) atoms. The normalized spacial score (nSPS) is 20.8. The molecule has 0 amide bonds. The molecule has 1 fully saturated rings. The van der Waals surface area contributed by atoms with Crippen molar-refractivity contribution in [2.45, 2.75) is 45.2 Å². The van der Waals surface area contributed by atoms with Gasteiger partial charge in [0.25, 0.3) is 0 Å². The van der Waals surface area contributed by atoms with Gasteiger partial charge in [0, 0.05) is 24.3 Å². The van der Waals surface area contributed by atoms with Crippen molar-refractivity contribution in [3.63, 3.8) is 0 Å². The summed E-state index contributed by atoms with van der Waals surface area (Å²) in [5.41, 5.74) is 1.08. The molecule has 0 bridgehead atoms. The lowest BCUT2D eigenvalue weighted by Crippen LogP contribution is -2.32. The zero-order valence-electron chi connectivity index (χ0n) is 12.7. The smallest absolute Gasteiger partial charge is 0.137 e. The summed E-state index contributed by atoms with van der Waals surface area (Å²) in [6, 6.07) is 7.08. The average Bonchev–Trinajstić information content (AvgIpc) is 2.65. The number of hydrogen-bond donors (Lipinski definition) is 1. The van der Waals surface area contributed by atoms with E-state index in [1.807, 2.05) is 18.2 Å². The summed E-state index contributed by atoms with van der Waals surface area (Å²) in [7, 11) is 1.64. The molecule has 1 aliphatic heterocycles. The van der Waals surface area contributed by atoms with Crippen molar-refractivity contribution in [1.82, 2.24) is 4.90 Å². The fourth-order valence-electron chi connectivity index (χ4n) is 2.77. The highest BCUT2D eigenvalue weighted by Crippen LogP contribution is 2.28. The van der Waals surface area contributed by atoms with Crippen LogP contribution in [0.2, 0.25) is 5.02 Å². The molecule has 1 heterocycles. The van der Waals surface area contributed by atoms with Crippen molar-refractivity contribution in [1.29, 1.82) is 0 Å². The van der Waals surface area contributed by atoms with E-state index in [-0.39, 0.29) is 0 Å². The summed E-state index contributed by atoms with van der Waals surface area (Å²) < 4.78 is 5.18. The number of hydrogen-bond acceptors (Lipinski definition) is 3. The quantitative estimate of drug-likeness (QED) is 0.908. The van der Waals surface area contributed by atoms with Gasteiger partial charge in [0.2, 0.25) is 0 Å². The number of benzene rings is 1. The fourth-order valence-corrected chi connectivity index (χ4v) is 3.03. The second-order valence-corrected chi connectivity index (χ2v) is 6.16. The number of rotatable bonds is 4. The van der Waals surface area contributed by atoms with Crippen LogP contribution in [0.5, 0.6) is 5.75 Å². The zero-order chi connectivity index (χ0) is 14.5. The van der Waals surface area contributed by atoms with E-state index >= 15 is 0 Å². The van der Waals surface area contributed by atoms with Crippen molar-refractivity contribution >= 4 is 17.3 Å². The van der Waals surface area contributed by atoms with Gasteiger partial charge in [-0.15, -0.1) is 0 Å². The third kappa shape index (κ3) is 4.03. The summed E-state index contributed by atoms with van der Waals surface area (Å²) >= 11 is 6.17. The fraction of sp³-hybridized carbons (Fsp3) is 0.625. The number of methoxy groups -OCH3 is 1. The van der Waals surface area contributed by atoms with Crippen LogP contribution in [0.4, 0.5) is 5.69 Å². The Labute approximate surface area is 127 Å². The molecule has 1 saturated heterocycles. The summed E-state index contributed by atoms with van der Waals surface area (Å²) in [5.74, 6) is 0.726. The molecule has 0 spiro atoms. The van der Waals surface area contributed by atoms with Gasteiger partial charge in [0.05, 0.1) is 12.1 Å². The van der Waals surface area contributed by atoms with Gasteiger partial charge in [-0.2, -0.15) is 0 Å². The first-order chi connectivity index (χ1) is 9.60. The summed E-state index contributed by atoms with van der Waals surface area (Å²) in [6.45, 7) is 6.92. The molecular weight excluding hydrogens is 272 g/mol. The van der Waals surface area contributed by atoms with E-state index in [2.05, 4.69) is 24.1 Å². The maximum Gasteiger partial charge on any atom is 0.137 e. The number of ether oxygens (including phenoxy) is 1. The molecule has 1 aromatic carbocycles. The Kier molecular flexibility index (Phi) is 5.55. The van der Waals surface area contributed by atoms with Crippen molar-refractivity contribution in [3.05, 3.63) is 23.2 Å². The van der Waals surface area contributed by atoms with Crippen LogP contribution in [0, 0.1) is 0 Å². The van der Waals surface area contributed by atoms with Crippen LogP contribution in [0.15, 0.2) is 18.2 Å². The predicted octanol–water partition coefficient (Wildman–Crippen LogP) is 4.02. The van der Waals surface area contributed by atoms with Crippen molar-refractivity contribution < 1.29 is 4.74 Å². The van der Waals surface area contributed by atoms with E-state index in [0.717, 1.165) is 11.4 Å². The van der Waals surface area contributed by atoms with E-state index in [9.17, 15) is 0 Å². The molecule has 0 radical (unpaired) electrons. The topological polar surface area (TPSA) is 24.5 Å². The Morgan fingerprint density at radius 3 is 2.75 bits per heavy atom. The lowest BCUT2D eigenvalue weighted by atomic mass is 10.1. The van der Waals surface area contributed by atoms with E-state index in [1.165, 1.54) is 32.4 Å². The monoisotopic (exact) mass is 296 g/mol. The molecule has 1 N–H and O–H groups in total. The molecule has 0 aromatic heterocycles. The van der Waals surface area contributed by atoms with Gasteiger partial charge in [-0.25, -0.2) is 0 Å². The predicted molar refractivity (Wildman–Crippen MR) is 86.0 cm³/mol. The van der Waals surface area contributed by atoms with Gasteiger partial charge in [-0.05, 0) is 57.9 Å². The maximum atomic E-state index is 6.17. The van der Waals surface area contributed by atoms with E-state index in [4.69, 9.17) is 16.3 Å². The third-order valence-electron chi connectivity index (χ3n) is 4.02. The van der Waals surface area contributed by atoms with E-state index in [0.29, 0.717) is 17.1 Å². The Bertz CT molecular complexity index is 436. The molecule has 0 saturated carbocycles. The molecule has 1 aliphatic rings. The second kappa shape index (κ2) is 7.19. The molecule has 1 unspecified atom stereocenters. The highest BCUT2D eigenvalue weighted by molar-refractivity contribution is 6.32. The number of nitrogens with zero attached hydrogens (tertiary/aromatic N) is 1. The molecule has 2 rings (SSSR count). The van der Waals surface area contributed by atoms with Gasteiger partial charge in [0.1, 0.15) is 5.75 Å².